The SMILES string of the molecule is C=C(OCOC)[C@H](C)C[C@@H](C)C[C@H](C)CC[C@@H](O)C[C@@H](O)[C@H](CC(C)C)[C@@H](O[Si](CC)(CC)CC)c1cc(OCOC)cc(OCOC)c1. The average molecular weight is 713 g/mol. The van der Waals surface area contributed by atoms with Gasteiger partial charge in [0, 0.05) is 39.2 Å². The van der Waals surface area contributed by atoms with Gasteiger partial charge in [0.15, 0.2) is 28.7 Å². The predicted octanol–water partition coefficient (Wildman–Crippen LogP) is 9.09. The summed E-state index contributed by atoms with van der Waals surface area (Å²) >= 11 is 0. The average Bonchev–Trinajstić information content (AvgIpc) is 3.07. The predicted molar refractivity (Wildman–Crippen MR) is 200 cm³/mol. The Morgan fingerprint density at radius 2 is 1.27 bits per heavy atom. The van der Waals surface area contributed by atoms with Gasteiger partial charge in [0.1, 0.15) is 11.5 Å². The molecule has 9 nitrogen and oxygen atoms in total. The molecule has 0 spiro atoms. The summed E-state index contributed by atoms with van der Waals surface area (Å²) in [5.41, 5.74) is 0.887. The molecule has 286 valence electrons. The highest BCUT2D eigenvalue weighted by molar-refractivity contribution is 6.73. The molecule has 0 aromatic heterocycles. The van der Waals surface area contributed by atoms with E-state index in [2.05, 4.69) is 62.0 Å². The third-order valence-corrected chi connectivity index (χ3v) is 14.5. The minimum absolute atomic E-state index is 0.0921. The summed E-state index contributed by atoms with van der Waals surface area (Å²) in [5, 5.41) is 23.3. The number of aliphatic hydroxyl groups excluding tert-OH is 2. The zero-order chi connectivity index (χ0) is 37.0. The Morgan fingerprint density at radius 3 is 1.76 bits per heavy atom. The van der Waals surface area contributed by atoms with Crippen molar-refractivity contribution in [1.29, 1.82) is 0 Å². The molecule has 1 rings (SSSR count). The van der Waals surface area contributed by atoms with Crippen LogP contribution in [0.3, 0.4) is 0 Å². The van der Waals surface area contributed by atoms with Gasteiger partial charge in [-0.1, -0.05) is 62.0 Å². The lowest BCUT2D eigenvalue weighted by molar-refractivity contribution is -0.0205. The molecule has 1 aromatic carbocycles. The molecule has 2 N–H and O–H groups in total. The summed E-state index contributed by atoms with van der Waals surface area (Å²) < 4.78 is 40.0. The molecule has 0 amide bonds. The van der Waals surface area contributed by atoms with Crippen LogP contribution >= 0.6 is 0 Å². The number of hydrogen-bond donors (Lipinski definition) is 2. The van der Waals surface area contributed by atoms with E-state index in [0.29, 0.717) is 42.1 Å². The molecule has 0 saturated heterocycles. The molecular formula is C39H72O9Si. The molecule has 0 radical (unpaired) electrons. The minimum Gasteiger partial charge on any atom is -0.472 e. The summed E-state index contributed by atoms with van der Waals surface area (Å²) in [6, 6.07) is 8.68. The monoisotopic (exact) mass is 712 g/mol. The highest BCUT2D eigenvalue weighted by atomic mass is 28.4. The Balaban J connectivity index is 3.24. The second kappa shape index (κ2) is 24.5. The van der Waals surface area contributed by atoms with Crippen LogP contribution in [0.15, 0.2) is 30.5 Å². The maximum Gasteiger partial charge on any atom is 0.192 e. The Bertz CT molecular complexity index is 984. The molecule has 0 aliphatic rings. The van der Waals surface area contributed by atoms with Crippen LogP contribution in [0.5, 0.6) is 11.5 Å². The summed E-state index contributed by atoms with van der Waals surface area (Å²) in [7, 11) is 2.64. The number of hydrogen-bond acceptors (Lipinski definition) is 9. The van der Waals surface area contributed by atoms with E-state index in [1.54, 1.807) is 21.3 Å². The van der Waals surface area contributed by atoms with Crippen molar-refractivity contribution in [2.75, 3.05) is 41.7 Å². The van der Waals surface area contributed by atoms with Gasteiger partial charge in [0.2, 0.25) is 0 Å². The second-order valence-electron chi connectivity index (χ2n) is 14.5. The highest BCUT2D eigenvalue weighted by Crippen LogP contribution is 2.42. The normalized spacial score (nSPS) is 16.4. The Hall–Kier alpha value is -1.66. The Labute approximate surface area is 300 Å². The van der Waals surface area contributed by atoms with Crippen molar-refractivity contribution in [3.05, 3.63) is 36.1 Å². The first-order valence-electron chi connectivity index (χ1n) is 18.5. The summed E-state index contributed by atoms with van der Waals surface area (Å²) in [5.74, 6) is 3.19. The summed E-state index contributed by atoms with van der Waals surface area (Å²) in [4.78, 5) is 0. The van der Waals surface area contributed by atoms with Gasteiger partial charge in [0.05, 0.1) is 24.1 Å². The lowest BCUT2D eigenvalue weighted by atomic mass is 9.81. The summed E-state index contributed by atoms with van der Waals surface area (Å²) in [6.07, 6.45) is 2.80. The van der Waals surface area contributed by atoms with Gasteiger partial charge in [-0.25, -0.2) is 0 Å². The maximum atomic E-state index is 12.0. The molecule has 10 heteroatoms. The van der Waals surface area contributed by atoms with Crippen LogP contribution in [0.2, 0.25) is 18.1 Å². The van der Waals surface area contributed by atoms with E-state index in [4.69, 9.17) is 32.8 Å². The molecule has 0 unspecified atom stereocenters. The van der Waals surface area contributed by atoms with Crippen molar-refractivity contribution in [1.82, 2.24) is 0 Å². The third-order valence-electron chi connectivity index (χ3n) is 9.83. The van der Waals surface area contributed by atoms with E-state index >= 15 is 0 Å². The van der Waals surface area contributed by atoms with Crippen molar-refractivity contribution >= 4 is 8.32 Å². The summed E-state index contributed by atoms with van der Waals surface area (Å²) in [6.45, 7) is 22.1. The van der Waals surface area contributed by atoms with Crippen molar-refractivity contribution in [2.24, 2.45) is 29.6 Å². The van der Waals surface area contributed by atoms with Gasteiger partial charge >= 0.3 is 0 Å². The number of benzene rings is 1. The molecule has 7 atom stereocenters. The van der Waals surface area contributed by atoms with Gasteiger partial charge in [-0.2, -0.15) is 0 Å². The van der Waals surface area contributed by atoms with Gasteiger partial charge < -0.3 is 43.1 Å². The fourth-order valence-corrected chi connectivity index (χ4v) is 9.69. The van der Waals surface area contributed by atoms with Crippen LogP contribution in [-0.4, -0.2) is 72.4 Å². The van der Waals surface area contributed by atoms with Crippen molar-refractivity contribution in [3.63, 3.8) is 0 Å². The molecule has 0 aliphatic heterocycles. The highest BCUT2D eigenvalue weighted by Gasteiger charge is 2.39. The van der Waals surface area contributed by atoms with E-state index < -0.39 is 26.6 Å². The maximum absolute atomic E-state index is 12.0. The lowest BCUT2D eigenvalue weighted by Gasteiger charge is -2.40. The Morgan fingerprint density at radius 1 is 0.714 bits per heavy atom. The van der Waals surface area contributed by atoms with Gasteiger partial charge in [-0.15, -0.1) is 0 Å². The fraction of sp³-hybridized carbons (Fsp3) is 0.795. The van der Waals surface area contributed by atoms with Crippen LogP contribution in [0.25, 0.3) is 0 Å². The standard InChI is InChI=1S/C39H72O9Si/c1-13-49(14-2,15-3)48-39(33-21-35(46-26-43-11)24-36(22-33)47-27-44-12)37(18-28(4)5)38(41)23-34(40)17-16-29(6)19-30(7)20-31(8)32(9)45-25-42-10/h21-22,24,28-31,34,37-41H,9,13-20,23,25-27H2,1-8,10-12H3/t29-,30+,31-,34-,37+,38-,39+/m1/s1. The third kappa shape index (κ3) is 16.9. The van der Waals surface area contributed by atoms with Crippen LogP contribution in [-0.2, 0) is 23.4 Å². The van der Waals surface area contributed by atoms with Crippen molar-refractivity contribution < 1.29 is 43.1 Å². The second-order valence-corrected chi connectivity index (χ2v) is 19.3. The van der Waals surface area contributed by atoms with E-state index in [9.17, 15) is 10.2 Å². The first-order chi connectivity index (χ1) is 23.3. The van der Waals surface area contributed by atoms with Crippen molar-refractivity contribution in [2.45, 2.75) is 130 Å². The quantitative estimate of drug-likeness (QED) is 0.0478. The molecule has 0 bridgehead atoms. The van der Waals surface area contributed by atoms with E-state index in [-0.39, 0.29) is 32.2 Å². The topological polar surface area (TPSA) is 105 Å². The number of rotatable bonds is 29. The van der Waals surface area contributed by atoms with Crippen LogP contribution in [0.1, 0.15) is 106 Å². The first kappa shape index (κ1) is 45.4. The van der Waals surface area contributed by atoms with Gasteiger partial charge in [-0.3, -0.25) is 0 Å². The molecular weight excluding hydrogens is 641 g/mol. The minimum atomic E-state index is -2.14. The number of allylic oxidation sites excluding steroid dienone is 1. The smallest absolute Gasteiger partial charge is 0.192 e. The fourth-order valence-electron chi connectivity index (χ4n) is 6.84. The molecule has 0 fully saturated rings. The number of aliphatic hydroxyl groups is 2. The first-order valence-corrected chi connectivity index (χ1v) is 21.0. The molecule has 0 aliphatic carbocycles. The molecule has 1 aromatic rings. The lowest BCUT2D eigenvalue weighted by Crippen LogP contribution is -2.42. The van der Waals surface area contributed by atoms with Crippen molar-refractivity contribution in [3.8, 4) is 11.5 Å². The van der Waals surface area contributed by atoms with E-state index in [1.165, 1.54) is 0 Å². The van der Waals surface area contributed by atoms with Gasteiger partial charge in [-0.05, 0) is 92.1 Å². The number of methoxy groups -OCH3 is 3. The number of ether oxygens (including phenoxy) is 6. The van der Waals surface area contributed by atoms with Crippen LogP contribution in [0, 0.1) is 29.6 Å². The van der Waals surface area contributed by atoms with Crippen LogP contribution < -0.4 is 9.47 Å². The van der Waals surface area contributed by atoms with E-state index in [1.807, 2.05) is 18.2 Å². The van der Waals surface area contributed by atoms with Gasteiger partial charge in [0.25, 0.3) is 0 Å². The zero-order valence-electron chi connectivity index (χ0n) is 32.8. The van der Waals surface area contributed by atoms with E-state index in [0.717, 1.165) is 55.1 Å². The molecule has 49 heavy (non-hydrogen) atoms. The zero-order valence-corrected chi connectivity index (χ0v) is 33.8. The molecule has 0 saturated carbocycles. The Kier molecular flexibility index (Phi) is 22.7. The van der Waals surface area contributed by atoms with Crippen LogP contribution in [0.4, 0.5) is 0 Å². The largest absolute Gasteiger partial charge is 0.472 e. The molecule has 0 heterocycles.